The van der Waals surface area contributed by atoms with Crippen LogP contribution in [0.2, 0.25) is 0 Å². The molecule has 0 aliphatic rings. The van der Waals surface area contributed by atoms with Crippen LogP contribution >= 0.6 is 0 Å². The zero-order valence-electron chi connectivity index (χ0n) is 13.2. The zero-order chi connectivity index (χ0) is 15.9. The highest BCUT2D eigenvalue weighted by atomic mass is 16.5. The van der Waals surface area contributed by atoms with Crippen molar-refractivity contribution in [1.82, 2.24) is 0 Å². The largest absolute Gasteiger partial charge is 0.488 e. The van der Waals surface area contributed by atoms with E-state index in [1.807, 2.05) is 48.5 Å². The number of carbonyl (C=O) groups is 1. The van der Waals surface area contributed by atoms with E-state index in [1.54, 1.807) is 0 Å². The summed E-state index contributed by atoms with van der Waals surface area (Å²) in [7, 11) is 0. The van der Waals surface area contributed by atoms with Crippen LogP contribution in [-0.2, 0) is 13.0 Å². The molecule has 0 aliphatic heterocycles. The van der Waals surface area contributed by atoms with E-state index < -0.39 is 0 Å². The van der Waals surface area contributed by atoms with Gasteiger partial charge in [0.05, 0.1) is 0 Å². The smallest absolute Gasteiger partial charge is 0.150 e. The molecule has 22 heavy (non-hydrogen) atoms. The molecule has 0 heterocycles. The first kappa shape index (κ1) is 16.0. The highest BCUT2D eigenvalue weighted by Crippen LogP contribution is 2.32. The predicted octanol–water partition coefficient (Wildman–Crippen LogP) is 4.93. The van der Waals surface area contributed by atoms with Crippen LogP contribution in [0, 0.1) is 0 Å². The quantitative estimate of drug-likeness (QED) is 0.534. The third-order valence-corrected chi connectivity index (χ3v) is 3.57. The fraction of sp³-hybridized carbons (Fsp3) is 0.250. The summed E-state index contributed by atoms with van der Waals surface area (Å²) in [6, 6.07) is 13.9. The molecule has 0 unspecified atom stereocenters. The average Bonchev–Trinajstić information content (AvgIpc) is 2.54. The van der Waals surface area contributed by atoms with Gasteiger partial charge in [0, 0.05) is 5.56 Å². The Kier molecular flexibility index (Phi) is 5.54. The number of hydrogen-bond acceptors (Lipinski definition) is 2. The number of carbonyl (C=O) groups excluding carboxylic acids is 1. The zero-order valence-corrected chi connectivity index (χ0v) is 13.2. The van der Waals surface area contributed by atoms with Crippen molar-refractivity contribution in [1.29, 1.82) is 0 Å². The molecular formula is C20H22O2. The molecule has 0 aromatic heterocycles. The topological polar surface area (TPSA) is 26.3 Å². The van der Waals surface area contributed by atoms with Gasteiger partial charge in [-0.3, -0.25) is 4.79 Å². The number of ether oxygens (including phenoxy) is 1. The van der Waals surface area contributed by atoms with Gasteiger partial charge in [-0.05, 0) is 41.2 Å². The molecule has 0 N–H and O–H groups in total. The Bertz CT molecular complexity index is 642. The number of rotatable bonds is 7. The van der Waals surface area contributed by atoms with Crippen molar-refractivity contribution in [2.75, 3.05) is 0 Å². The maximum Gasteiger partial charge on any atom is 0.150 e. The molecule has 0 saturated carbocycles. The van der Waals surface area contributed by atoms with Gasteiger partial charge in [-0.15, -0.1) is 6.58 Å². The van der Waals surface area contributed by atoms with Gasteiger partial charge in [0.1, 0.15) is 18.6 Å². The maximum absolute atomic E-state index is 11.2. The van der Waals surface area contributed by atoms with Gasteiger partial charge in [-0.1, -0.05) is 50.3 Å². The van der Waals surface area contributed by atoms with Crippen molar-refractivity contribution < 1.29 is 9.53 Å². The standard InChI is InChI=1S/C20H22O2/c1-4-8-18-11-17(13-21)12-19(15(2)3)20(18)22-14-16-9-6-5-7-10-16/h4-7,9-13,15H,1,8,14H2,2-3H3. The van der Waals surface area contributed by atoms with Crippen LogP contribution < -0.4 is 4.74 Å². The molecule has 0 radical (unpaired) electrons. The molecule has 2 heteroatoms. The lowest BCUT2D eigenvalue weighted by Gasteiger charge is -2.18. The van der Waals surface area contributed by atoms with E-state index >= 15 is 0 Å². The maximum atomic E-state index is 11.2. The highest BCUT2D eigenvalue weighted by Gasteiger charge is 2.14. The van der Waals surface area contributed by atoms with Crippen LogP contribution in [0.3, 0.4) is 0 Å². The molecule has 0 spiro atoms. The second kappa shape index (κ2) is 7.60. The lowest BCUT2D eigenvalue weighted by molar-refractivity contribution is 0.112. The van der Waals surface area contributed by atoms with E-state index in [0.717, 1.165) is 28.7 Å². The van der Waals surface area contributed by atoms with E-state index in [4.69, 9.17) is 4.74 Å². The molecule has 114 valence electrons. The first-order valence-electron chi connectivity index (χ1n) is 7.55. The lowest BCUT2D eigenvalue weighted by Crippen LogP contribution is -2.04. The molecular weight excluding hydrogens is 272 g/mol. The van der Waals surface area contributed by atoms with Crippen molar-refractivity contribution in [2.24, 2.45) is 0 Å². The normalized spacial score (nSPS) is 10.5. The van der Waals surface area contributed by atoms with Crippen LogP contribution in [0.25, 0.3) is 0 Å². The molecule has 2 nitrogen and oxygen atoms in total. The summed E-state index contributed by atoms with van der Waals surface area (Å²) in [6.07, 6.45) is 3.41. The Morgan fingerprint density at radius 1 is 1.18 bits per heavy atom. The fourth-order valence-corrected chi connectivity index (χ4v) is 2.45. The first-order chi connectivity index (χ1) is 10.7. The van der Waals surface area contributed by atoms with Crippen LogP contribution in [0.1, 0.15) is 46.8 Å². The summed E-state index contributed by atoms with van der Waals surface area (Å²) >= 11 is 0. The van der Waals surface area contributed by atoms with Gasteiger partial charge in [0.25, 0.3) is 0 Å². The molecule has 2 aromatic rings. The van der Waals surface area contributed by atoms with Crippen molar-refractivity contribution in [3.63, 3.8) is 0 Å². The van der Waals surface area contributed by atoms with Crippen molar-refractivity contribution >= 4 is 6.29 Å². The monoisotopic (exact) mass is 294 g/mol. The Balaban J connectivity index is 2.37. The molecule has 0 aliphatic carbocycles. The van der Waals surface area contributed by atoms with E-state index in [-0.39, 0.29) is 5.92 Å². The summed E-state index contributed by atoms with van der Waals surface area (Å²) in [6.45, 7) is 8.54. The van der Waals surface area contributed by atoms with E-state index in [2.05, 4.69) is 20.4 Å². The van der Waals surface area contributed by atoms with Crippen molar-refractivity contribution in [2.45, 2.75) is 32.8 Å². The molecule has 2 aromatic carbocycles. The van der Waals surface area contributed by atoms with E-state index in [1.165, 1.54) is 0 Å². The van der Waals surface area contributed by atoms with Crippen LogP contribution in [0.4, 0.5) is 0 Å². The SMILES string of the molecule is C=CCc1cc(C=O)cc(C(C)C)c1OCc1ccccc1. The number of benzene rings is 2. The number of aldehydes is 1. The van der Waals surface area contributed by atoms with Gasteiger partial charge < -0.3 is 4.74 Å². The predicted molar refractivity (Wildman–Crippen MR) is 90.6 cm³/mol. The number of hydrogen-bond donors (Lipinski definition) is 0. The molecule has 2 rings (SSSR count). The second-order valence-electron chi connectivity index (χ2n) is 5.64. The van der Waals surface area contributed by atoms with Gasteiger partial charge in [0.2, 0.25) is 0 Å². The fourth-order valence-electron chi connectivity index (χ4n) is 2.45. The Labute approximate surface area is 132 Å². The summed E-state index contributed by atoms with van der Waals surface area (Å²) < 4.78 is 6.10. The Morgan fingerprint density at radius 2 is 1.91 bits per heavy atom. The van der Waals surface area contributed by atoms with Gasteiger partial charge in [-0.2, -0.15) is 0 Å². The summed E-state index contributed by atoms with van der Waals surface area (Å²) in [5, 5.41) is 0. The Hall–Kier alpha value is -2.35. The van der Waals surface area contributed by atoms with E-state index in [9.17, 15) is 4.79 Å². The minimum Gasteiger partial charge on any atom is -0.488 e. The summed E-state index contributed by atoms with van der Waals surface area (Å²) in [5.41, 5.74) is 3.89. The molecule has 0 fully saturated rings. The average molecular weight is 294 g/mol. The second-order valence-corrected chi connectivity index (χ2v) is 5.64. The molecule has 0 amide bonds. The minimum atomic E-state index is 0.286. The van der Waals surface area contributed by atoms with Crippen molar-refractivity contribution in [3.8, 4) is 5.75 Å². The first-order valence-corrected chi connectivity index (χ1v) is 7.55. The third kappa shape index (κ3) is 3.85. The van der Waals surface area contributed by atoms with Crippen LogP contribution in [0.15, 0.2) is 55.1 Å². The number of allylic oxidation sites excluding steroid dienone is 1. The lowest BCUT2D eigenvalue weighted by atomic mass is 9.95. The third-order valence-electron chi connectivity index (χ3n) is 3.57. The summed E-state index contributed by atoms with van der Waals surface area (Å²) in [4.78, 5) is 11.2. The molecule has 0 atom stereocenters. The van der Waals surface area contributed by atoms with Crippen molar-refractivity contribution in [3.05, 3.63) is 77.4 Å². The van der Waals surface area contributed by atoms with E-state index in [0.29, 0.717) is 18.6 Å². The molecule has 0 bridgehead atoms. The molecule has 0 saturated heterocycles. The van der Waals surface area contributed by atoms with Gasteiger partial charge in [0.15, 0.2) is 0 Å². The van der Waals surface area contributed by atoms with Gasteiger partial charge >= 0.3 is 0 Å². The highest BCUT2D eigenvalue weighted by molar-refractivity contribution is 5.76. The van der Waals surface area contributed by atoms with Gasteiger partial charge in [-0.25, -0.2) is 0 Å². The minimum absolute atomic E-state index is 0.286. The summed E-state index contributed by atoms with van der Waals surface area (Å²) in [5.74, 6) is 1.17. The van der Waals surface area contributed by atoms with Crippen LogP contribution in [0.5, 0.6) is 5.75 Å². The Morgan fingerprint density at radius 3 is 2.50 bits per heavy atom. The van der Waals surface area contributed by atoms with Crippen LogP contribution in [-0.4, -0.2) is 6.29 Å².